The number of rotatable bonds is 7. The quantitative estimate of drug-likeness (QED) is 0.429. The van der Waals surface area contributed by atoms with Gasteiger partial charge in [0.25, 0.3) is 0 Å². The highest BCUT2D eigenvalue weighted by molar-refractivity contribution is 6.90. The summed E-state index contributed by atoms with van der Waals surface area (Å²) < 4.78 is 20.6. The number of allylic oxidation sites excluding steroid dienone is 2. The lowest BCUT2D eigenvalue weighted by Gasteiger charge is -2.47. The summed E-state index contributed by atoms with van der Waals surface area (Å²) in [5.74, 6) is 1.33. The standard InChI is InChI=1S/C16H36O3Si4/c1-20(2,3)17-23(18-21(4,5)6,19-22(7,8)9)16-13-14-10-11-15(16)12-14/h10-11,14-16H,12-13H2,1-9H3. The van der Waals surface area contributed by atoms with E-state index in [1.54, 1.807) is 0 Å². The molecule has 0 radical (unpaired) electrons. The topological polar surface area (TPSA) is 27.7 Å². The second-order valence-corrected chi connectivity index (χ2v) is 27.2. The first-order valence-electron chi connectivity index (χ1n) is 8.98. The molecule has 1 fully saturated rings. The fourth-order valence-corrected chi connectivity index (χ4v) is 18.8. The Kier molecular flexibility index (Phi) is 5.45. The van der Waals surface area contributed by atoms with Gasteiger partial charge in [-0.2, -0.15) is 0 Å². The van der Waals surface area contributed by atoms with Crippen molar-refractivity contribution in [2.24, 2.45) is 11.8 Å². The van der Waals surface area contributed by atoms with E-state index in [4.69, 9.17) is 12.3 Å². The summed E-state index contributed by atoms with van der Waals surface area (Å²) in [5.41, 5.74) is 0.475. The molecule has 2 rings (SSSR count). The molecule has 7 heteroatoms. The maximum atomic E-state index is 6.88. The first-order chi connectivity index (χ1) is 10.2. The molecule has 0 aliphatic heterocycles. The van der Waals surface area contributed by atoms with Gasteiger partial charge in [0.15, 0.2) is 25.0 Å². The highest BCUT2D eigenvalue weighted by Crippen LogP contribution is 2.54. The molecule has 0 aromatic carbocycles. The SMILES string of the molecule is C[Si](C)(C)O[Si](O[Si](C)(C)C)(O[Si](C)(C)C)C1CC2C=CC1C2. The first kappa shape index (κ1) is 19.8. The lowest BCUT2D eigenvalue weighted by atomic mass is 10.1. The average Bonchev–Trinajstić information content (AvgIpc) is 2.81. The summed E-state index contributed by atoms with van der Waals surface area (Å²) in [5, 5.41) is 0. The van der Waals surface area contributed by atoms with E-state index in [1.807, 2.05) is 0 Å². The largest absolute Gasteiger partial charge is 0.473 e. The summed E-state index contributed by atoms with van der Waals surface area (Å²) in [6.07, 6.45) is 7.29. The summed E-state index contributed by atoms with van der Waals surface area (Å²) in [7, 11) is -7.95. The van der Waals surface area contributed by atoms with Gasteiger partial charge in [-0.05, 0) is 83.6 Å². The number of fused-ring (bicyclic) bond motifs is 2. The molecule has 23 heavy (non-hydrogen) atoms. The van der Waals surface area contributed by atoms with Gasteiger partial charge < -0.3 is 12.3 Å². The number of hydrogen-bond acceptors (Lipinski definition) is 3. The molecule has 3 unspecified atom stereocenters. The zero-order valence-electron chi connectivity index (χ0n) is 16.5. The lowest BCUT2D eigenvalue weighted by Crippen LogP contribution is -2.63. The minimum atomic E-state index is -2.69. The Labute approximate surface area is 147 Å². The monoisotopic (exact) mass is 388 g/mol. The molecule has 0 N–H and O–H groups in total. The molecule has 0 amide bonds. The van der Waals surface area contributed by atoms with Gasteiger partial charge in [0.1, 0.15) is 0 Å². The van der Waals surface area contributed by atoms with Gasteiger partial charge in [0, 0.05) is 5.54 Å². The Hall–Kier alpha value is 0.488. The zero-order valence-corrected chi connectivity index (χ0v) is 20.5. The molecule has 2 aliphatic carbocycles. The Morgan fingerprint density at radius 2 is 1.09 bits per heavy atom. The van der Waals surface area contributed by atoms with E-state index < -0.39 is 33.8 Å². The molecule has 0 aromatic heterocycles. The highest BCUT2D eigenvalue weighted by Gasteiger charge is 2.60. The molecule has 0 aromatic rings. The second kappa shape index (κ2) is 6.33. The third kappa shape index (κ3) is 5.48. The van der Waals surface area contributed by atoms with Crippen molar-refractivity contribution in [2.45, 2.75) is 77.3 Å². The smallest absolute Gasteiger partial charge is 0.417 e. The van der Waals surface area contributed by atoms with Crippen molar-refractivity contribution in [3.8, 4) is 0 Å². The summed E-state index contributed by atoms with van der Waals surface area (Å²) in [4.78, 5) is 0. The Bertz CT molecular complexity index is 419. The van der Waals surface area contributed by atoms with Crippen molar-refractivity contribution < 1.29 is 12.3 Å². The van der Waals surface area contributed by atoms with Crippen molar-refractivity contribution in [1.29, 1.82) is 0 Å². The van der Waals surface area contributed by atoms with E-state index >= 15 is 0 Å². The molecule has 0 heterocycles. The molecule has 0 spiro atoms. The van der Waals surface area contributed by atoms with Crippen LogP contribution in [0.15, 0.2) is 12.2 Å². The third-order valence-electron chi connectivity index (χ3n) is 4.08. The van der Waals surface area contributed by atoms with Gasteiger partial charge >= 0.3 is 8.80 Å². The molecule has 1 saturated carbocycles. The average molecular weight is 389 g/mol. The van der Waals surface area contributed by atoms with Gasteiger partial charge in [-0.1, -0.05) is 12.2 Å². The van der Waals surface area contributed by atoms with Crippen LogP contribution in [0.25, 0.3) is 0 Å². The molecule has 0 saturated heterocycles. The van der Waals surface area contributed by atoms with Gasteiger partial charge in [0.05, 0.1) is 0 Å². The van der Waals surface area contributed by atoms with Crippen LogP contribution in [0.4, 0.5) is 0 Å². The fourth-order valence-electron chi connectivity index (χ4n) is 3.76. The predicted molar refractivity (Wildman–Crippen MR) is 108 cm³/mol. The van der Waals surface area contributed by atoms with Crippen molar-refractivity contribution in [1.82, 2.24) is 0 Å². The fraction of sp³-hybridized carbons (Fsp3) is 0.875. The van der Waals surface area contributed by atoms with E-state index in [9.17, 15) is 0 Å². The minimum Gasteiger partial charge on any atom is -0.417 e. The minimum absolute atomic E-state index is 0.475. The van der Waals surface area contributed by atoms with Crippen molar-refractivity contribution >= 4 is 33.8 Å². The van der Waals surface area contributed by atoms with E-state index in [1.165, 1.54) is 12.8 Å². The normalized spacial score (nSPS) is 28.7. The highest BCUT2D eigenvalue weighted by atomic mass is 28.5. The lowest BCUT2D eigenvalue weighted by molar-refractivity contribution is 0.226. The van der Waals surface area contributed by atoms with Crippen molar-refractivity contribution in [2.75, 3.05) is 0 Å². The molecular formula is C16H36O3Si4. The van der Waals surface area contributed by atoms with E-state index in [0.717, 1.165) is 5.92 Å². The van der Waals surface area contributed by atoms with Crippen LogP contribution in [0.5, 0.6) is 0 Å². The van der Waals surface area contributed by atoms with Crippen LogP contribution in [0.1, 0.15) is 12.8 Å². The Morgan fingerprint density at radius 1 is 0.652 bits per heavy atom. The maximum Gasteiger partial charge on any atom is 0.473 e. The molecule has 2 aliphatic rings. The van der Waals surface area contributed by atoms with Crippen LogP contribution < -0.4 is 0 Å². The van der Waals surface area contributed by atoms with Gasteiger partial charge in [-0.3, -0.25) is 0 Å². The van der Waals surface area contributed by atoms with Crippen molar-refractivity contribution in [3.63, 3.8) is 0 Å². The zero-order chi connectivity index (χ0) is 17.7. The summed E-state index contributed by atoms with van der Waals surface area (Å²) in [6, 6.07) is 0. The van der Waals surface area contributed by atoms with Crippen LogP contribution >= 0.6 is 0 Å². The van der Waals surface area contributed by atoms with Crippen LogP contribution in [0.3, 0.4) is 0 Å². The Morgan fingerprint density at radius 3 is 1.35 bits per heavy atom. The molecular weight excluding hydrogens is 353 g/mol. The number of hydrogen-bond donors (Lipinski definition) is 0. The van der Waals surface area contributed by atoms with E-state index in [0.29, 0.717) is 11.5 Å². The molecule has 2 bridgehead atoms. The summed E-state index contributed by atoms with van der Waals surface area (Å²) >= 11 is 0. The molecule has 134 valence electrons. The molecule has 3 atom stereocenters. The van der Waals surface area contributed by atoms with Crippen LogP contribution in [-0.4, -0.2) is 33.8 Å². The van der Waals surface area contributed by atoms with Gasteiger partial charge in [-0.15, -0.1) is 0 Å². The van der Waals surface area contributed by atoms with Crippen molar-refractivity contribution in [3.05, 3.63) is 12.2 Å². The third-order valence-corrected chi connectivity index (χ3v) is 16.4. The van der Waals surface area contributed by atoms with Gasteiger partial charge in [-0.25, -0.2) is 0 Å². The molecule has 3 nitrogen and oxygen atoms in total. The van der Waals surface area contributed by atoms with E-state index in [-0.39, 0.29) is 0 Å². The van der Waals surface area contributed by atoms with Crippen LogP contribution in [0, 0.1) is 11.8 Å². The predicted octanol–water partition coefficient (Wildman–Crippen LogP) is 5.45. The van der Waals surface area contributed by atoms with Crippen LogP contribution in [-0.2, 0) is 12.3 Å². The van der Waals surface area contributed by atoms with Gasteiger partial charge in [0.2, 0.25) is 0 Å². The summed E-state index contributed by atoms with van der Waals surface area (Å²) in [6.45, 7) is 20.5. The Balaban J connectivity index is 2.42. The second-order valence-electron chi connectivity index (χ2n) is 10.1. The van der Waals surface area contributed by atoms with Crippen LogP contribution in [0.2, 0.25) is 64.5 Å². The first-order valence-corrected chi connectivity index (χ1v) is 21.0. The maximum absolute atomic E-state index is 6.88. The van der Waals surface area contributed by atoms with E-state index in [2.05, 4.69) is 71.1 Å².